The summed E-state index contributed by atoms with van der Waals surface area (Å²) in [6.07, 6.45) is 3.71. The van der Waals surface area contributed by atoms with E-state index in [9.17, 15) is 0 Å². The molecule has 1 aliphatic heterocycles. The van der Waals surface area contributed by atoms with Crippen molar-refractivity contribution in [3.8, 4) is 0 Å². The van der Waals surface area contributed by atoms with E-state index in [4.69, 9.17) is 0 Å². The molecule has 0 radical (unpaired) electrons. The topological polar surface area (TPSA) is 44.3 Å². The van der Waals surface area contributed by atoms with Crippen molar-refractivity contribution in [1.29, 1.82) is 0 Å². The quantitative estimate of drug-likeness (QED) is 0.871. The van der Waals surface area contributed by atoms with Crippen LogP contribution in [0, 0.1) is 0 Å². The van der Waals surface area contributed by atoms with Gasteiger partial charge in [-0.15, -0.1) is 0 Å². The van der Waals surface area contributed by atoms with Gasteiger partial charge in [0.2, 0.25) is 0 Å². The third-order valence-corrected chi connectivity index (χ3v) is 3.70. The first kappa shape index (κ1) is 14.2. The van der Waals surface area contributed by atoms with Crippen molar-refractivity contribution in [1.82, 2.24) is 19.8 Å². The summed E-state index contributed by atoms with van der Waals surface area (Å²) in [5.41, 5.74) is 1.05. The van der Waals surface area contributed by atoms with Crippen LogP contribution in [0.25, 0.3) is 0 Å². The lowest BCUT2D eigenvalue weighted by Crippen LogP contribution is -2.51. The smallest absolute Gasteiger partial charge is 0.144 e. The molecule has 0 saturated carbocycles. The average Bonchev–Trinajstić information content (AvgIpc) is 2.42. The van der Waals surface area contributed by atoms with Crippen LogP contribution in [-0.2, 0) is 6.54 Å². The van der Waals surface area contributed by atoms with Gasteiger partial charge in [-0.1, -0.05) is 6.92 Å². The molecule has 1 aromatic rings. The van der Waals surface area contributed by atoms with E-state index >= 15 is 0 Å². The van der Waals surface area contributed by atoms with Gasteiger partial charge >= 0.3 is 0 Å². The number of nitrogens with one attached hydrogen (secondary N) is 1. The van der Waals surface area contributed by atoms with Gasteiger partial charge in [-0.05, 0) is 20.4 Å². The summed E-state index contributed by atoms with van der Waals surface area (Å²) in [5, 5.41) is 3.16. The van der Waals surface area contributed by atoms with Gasteiger partial charge in [-0.2, -0.15) is 0 Å². The second kappa shape index (κ2) is 6.82. The normalized spacial score (nSPS) is 21.5. The second-order valence-electron chi connectivity index (χ2n) is 5.14. The Morgan fingerprint density at radius 1 is 1.26 bits per heavy atom. The summed E-state index contributed by atoms with van der Waals surface area (Å²) >= 11 is 0. The predicted molar refractivity (Wildman–Crippen MR) is 78.2 cm³/mol. The first-order valence-corrected chi connectivity index (χ1v) is 7.24. The zero-order valence-corrected chi connectivity index (χ0v) is 12.3. The third-order valence-electron chi connectivity index (χ3n) is 3.70. The number of piperazine rings is 1. The van der Waals surface area contributed by atoms with E-state index in [0.717, 1.165) is 50.8 Å². The van der Waals surface area contributed by atoms with Gasteiger partial charge in [0.25, 0.3) is 0 Å². The summed E-state index contributed by atoms with van der Waals surface area (Å²) in [7, 11) is 0. The molecule has 0 amide bonds. The fourth-order valence-corrected chi connectivity index (χ4v) is 2.62. The van der Waals surface area contributed by atoms with Crippen LogP contribution in [0.15, 0.2) is 12.4 Å². The van der Waals surface area contributed by atoms with Gasteiger partial charge < -0.3 is 5.32 Å². The van der Waals surface area contributed by atoms with Gasteiger partial charge in [-0.3, -0.25) is 14.8 Å². The summed E-state index contributed by atoms with van der Waals surface area (Å²) in [5.74, 6) is 0.857. The van der Waals surface area contributed by atoms with Crippen molar-refractivity contribution in [2.24, 2.45) is 0 Å². The molecule has 1 atom stereocenters. The highest BCUT2D eigenvalue weighted by atomic mass is 15.3. The minimum Gasteiger partial charge on any atom is -0.369 e. The molecule has 1 fully saturated rings. The lowest BCUT2D eigenvalue weighted by Gasteiger charge is -2.39. The fraction of sp³-hybridized carbons (Fsp3) is 0.714. The first-order valence-electron chi connectivity index (χ1n) is 7.24. The molecule has 1 aliphatic rings. The van der Waals surface area contributed by atoms with Crippen LogP contribution in [0.4, 0.5) is 5.82 Å². The van der Waals surface area contributed by atoms with Crippen LogP contribution >= 0.6 is 0 Å². The Hall–Kier alpha value is -1.20. The fourth-order valence-electron chi connectivity index (χ4n) is 2.62. The van der Waals surface area contributed by atoms with Crippen LogP contribution in [0.2, 0.25) is 0 Å². The Labute approximate surface area is 116 Å². The average molecular weight is 263 g/mol. The van der Waals surface area contributed by atoms with E-state index in [1.165, 1.54) is 0 Å². The van der Waals surface area contributed by atoms with E-state index in [0.29, 0.717) is 6.04 Å². The number of rotatable bonds is 5. The van der Waals surface area contributed by atoms with E-state index < -0.39 is 0 Å². The Morgan fingerprint density at radius 3 is 2.68 bits per heavy atom. The molecule has 5 heteroatoms. The highest BCUT2D eigenvalue weighted by molar-refractivity contribution is 5.30. The lowest BCUT2D eigenvalue weighted by atomic mass is 10.2. The maximum Gasteiger partial charge on any atom is 0.144 e. The third kappa shape index (κ3) is 3.88. The van der Waals surface area contributed by atoms with Gasteiger partial charge in [-0.25, -0.2) is 4.98 Å². The predicted octanol–water partition coefficient (Wildman–Crippen LogP) is 1.43. The molecule has 2 rings (SSSR count). The molecule has 0 aliphatic carbocycles. The van der Waals surface area contributed by atoms with E-state index in [-0.39, 0.29) is 0 Å². The molecular formula is C14H25N5. The van der Waals surface area contributed by atoms with Crippen molar-refractivity contribution in [2.75, 3.05) is 38.0 Å². The second-order valence-corrected chi connectivity index (χ2v) is 5.14. The summed E-state index contributed by atoms with van der Waals surface area (Å²) in [6.45, 7) is 12.9. The van der Waals surface area contributed by atoms with Crippen LogP contribution in [0.5, 0.6) is 0 Å². The molecule has 19 heavy (non-hydrogen) atoms. The van der Waals surface area contributed by atoms with Crippen molar-refractivity contribution >= 4 is 5.82 Å². The van der Waals surface area contributed by atoms with Crippen molar-refractivity contribution in [3.63, 3.8) is 0 Å². The Bertz CT molecular complexity index is 378. The van der Waals surface area contributed by atoms with E-state index in [1.807, 2.05) is 12.4 Å². The van der Waals surface area contributed by atoms with Crippen LogP contribution in [-0.4, -0.2) is 58.5 Å². The molecule has 106 valence electrons. The molecule has 1 saturated heterocycles. The molecule has 5 nitrogen and oxygen atoms in total. The SMILES string of the molecule is CCNc1cnc(CN2CCN(CC)C(C)C2)cn1. The van der Waals surface area contributed by atoms with E-state index in [2.05, 4.69) is 45.9 Å². The van der Waals surface area contributed by atoms with Crippen LogP contribution in [0.1, 0.15) is 26.5 Å². The Morgan fingerprint density at radius 2 is 2.11 bits per heavy atom. The standard InChI is InChI=1S/C14H25N5/c1-4-15-14-9-16-13(8-17-14)11-18-6-7-19(5-2)12(3)10-18/h8-9,12H,4-7,10-11H2,1-3H3,(H,15,17). The number of hydrogen-bond acceptors (Lipinski definition) is 5. The van der Waals surface area contributed by atoms with Gasteiger partial charge in [0.05, 0.1) is 18.1 Å². The number of hydrogen-bond donors (Lipinski definition) is 1. The molecule has 0 bridgehead atoms. The number of anilines is 1. The van der Waals surface area contributed by atoms with Crippen molar-refractivity contribution < 1.29 is 0 Å². The molecule has 0 spiro atoms. The minimum atomic E-state index is 0.632. The zero-order valence-electron chi connectivity index (χ0n) is 12.3. The molecular weight excluding hydrogens is 238 g/mol. The maximum atomic E-state index is 4.48. The van der Waals surface area contributed by atoms with Crippen LogP contribution < -0.4 is 5.32 Å². The van der Waals surface area contributed by atoms with E-state index in [1.54, 1.807) is 0 Å². The summed E-state index contributed by atoms with van der Waals surface area (Å²) in [4.78, 5) is 13.8. The molecule has 1 unspecified atom stereocenters. The minimum absolute atomic E-state index is 0.632. The van der Waals surface area contributed by atoms with Crippen molar-refractivity contribution in [2.45, 2.75) is 33.4 Å². The molecule has 1 aromatic heterocycles. The molecule has 1 N–H and O–H groups in total. The Balaban J connectivity index is 1.87. The van der Waals surface area contributed by atoms with Crippen LogP contribution in [0.3, 0.4) is 0 Å². The highest BCUT2D eigenvalue weighted by Gasteiger charge is 2.22. The monoisotopic (exact) mass is 263 g/mol. The number of aromatic nitrogens is 2. The largest absolute Gasteiger partial charge is 0.369 e. The molecule has 2 heterocycles. The number of likely N-dealkylation sites (N-methyl/N-ethyl adjacent to an activating group) is 1. The zero-order chi connectivity index (χ0) is 13.7. The summed E-state index contributed by atoms with van der Waals surface area (Å²) in [6, 6.07) is 0.632. The van der Waals surface area contributed by atoms with Gasteiger partial charge in [0, 0.05) is 38.8 Å². The number of nitrogens with zero attached hydrogens (tertiary/aromatic N) is 4. The highest BCUT2D eigenvalue weighted by Crippen LogP contribution is 2.11. The van der Waals surface area contributed by atoms with Gasteiger partial charge in [0.15, 0.2) is 0 Å². The maximum absolute atomic E-state index is 4.48. The summed E-state index contributed by atoms with van der Waals surface area (Å²) < 4.78 is 0. The van der Waals surface area contributed by atoms with Crippen molar-refractivity contribution in [3.05, 3.63) is 18.1 Å². The van der Waals surface area contributed by atoms with Gasteiger partial charge in [0.1, 0.15) is 5.82 Å². The first-order chi connectivity index (χ1) is 9.22. The lowest BCUT2D eigenvalue weighted by molar-refractivity contribution is 0.0826. The Kier molecular flexibility index (Phi) is 5.10. The molecule has 0 aromatic carbocycles.